The molecule has 1 saturated carbocycles. The number of likely N-dealkylation sites (N-methyl/N-ethyl adjacent to an activating group) is 1. The van der Waals surface area contributed by atoms with E-state index in [4.69, 9.17) is 0 Å². The number of nitrogens with zero attached hydrogens (tertiary/aromatic N) is 2. The summed E-state index contributed by atoms with van der Waals surface area (Å²) in [6.07, 6.45) is 6.35. The first-order chi connectivity index (χ1) is 14.5. The topological polar surface area (TPSA) is 62.3 Å². The number of hydrogen-bond acceptors (Lipinski definition) is 3. The largest absolute Gasteiger partial charge is 0.358 e. The molecule has 2 heterocycles. The summed E-state index contributed by atoms with van der Waals surface area (Å²) < 4.78 is 14.0. The quantitative estimate of drug-likeness (QED) is 0.843. The van der Waals surface area contributed by atoms with Crippen molar-refractivity contribution in [3.63, 3.8) is 0 Å². The molecule has 5 nitrogen and oxygen atoms in total. The van der Waals surface area contributed by atoms with Gasteiger partial charge in [-0.2, -0.15) is 0 Å². The number of piperidine rings is 1. The van der Waals surface area contributed by atoms with Crippen LogP contribution in [0, 0.1) is 5.82 Å². The zero-order chi connectivity index (χ0) is 21.2. The van der Waals surface area contributed by atoms with Gasteiger partial charge in [0.2, 0.25) is 11.8 Å². The molecule has 2 aromatic rings. The van der Waals surface area contributed by atoms with E-state index in [1.807, 2.05) is 29.2 Å². The van der Waals surface area contributed by atoms with Gasteiger partial charge in [-0.25, -0.2) is 4.39 Å². The molecular weight excluding hydrogens is 381 g/mol. The first-order valence-electron chi connectivity index (χ1n) is 10.7. The standard InChI is InChI=1S/C24H28FN3O2/c1-26-21(29)24(20-10-2-5-14-27-20)13-7-15-28(17-24)22(30)23(11-3-4-12-23)18-8-6-9-19(25)16-18/h2,5-6,8-10,14,16H,3-4,7,11-13,15,17H2,1H3,(H,26,29)/t24-/m1/s1. The maximum atomic E-state index is 14.0. The zero-order valence-corrected chi connectivity index (χ0v) is 17.4. The van der Waals surface area contributed by atoms with Crippen molar-refractivity contribution in [2.75, 3.05) is 20.1 Å². The second-order valence-electron chi connectivity index (χ2n) is 8.51. The first kappa shape index (κ1) is 20.5. The molecule has 158 valence electrons. The van der Waals surface area contributed by atoms with Crippen LogP contribution in [0.2, 0.25) is 0 Å². The Kier molecular flexibility index (Phi) is 5.58. The van der Waals surface area contributed by atoms with E-state index in [2.05, 4.69) is 10.3 Å². The van der Waals surface area contributed by atoms with Gasteiger partial charge in [-0.15, -0.1) is 0 Å². The smallest absolute Gasteiger partial charge is 0.233 e. The lowest BCUT2D eigenvalue weighted by Crippen LogP contribution is -2.58. The molecule has 2 fully saturated rings. The normalized spacial score (nSPS) is 23.2. The van der Waals surface area contributed by atoms with Gasteiger partial charge in [0.05, 0.1) is 11.1 Å². The molecule has 0 bridgehead atoms. The van der Waals surface area contributed by atoms with Crippen LogP contribution in [0.25, 0.3) is 0 Å². The molecule has 1 aromatic carbocycles. The Hall–Kier alpha value is -2.76. The number of aromatic nitrogens is 1. The highest BCUT2D eigenvalue weighted by atomic mass is 19.1. The van der Waals surface area contributed by atoms with Gasteiger partial charge in [0.1, 0.15) is 11.2 Å². The van der Waals surface area contributed by atoms with Gasteiger partial charge in [0, 0.05) is 26.3 Å². The number of halogens is 1. The maximum Gasteiger partial charge on any atom is 0.233 e. The van der Waals surface area contributed by atoms with Gasteiger partial charge in [-0.1, -0.05) is 31.0 Å². The van der Waals surface area contributed by atoms with Gasteiger partial charge in [0.15, 0.2) is 0 Å². The molecule has 0 unspecified atom stereocenters. The Bertz CT molecular complexity index is 927. The van der Waals surface area contributed by atoms with Crippen molar-refractivity contribution in [1.82, 2.24) is 15.2 Å². The summed E-state index contributed by atoms with van der Waals surface area (Å²) >= 11 is 0. The van der Waals surface area contributed by atoms with E-state index in [-0.39, 0.29) is 17.6 Å². The average Bonchev–Trinajstić information content (AvgIpc) is 3.30. The van der Waals surface area contributed by atoms with Gasteiger partial charge in [0.25, 0.3) is 0 Å². The second-order valence-corrected chi connectivity index (χ2v) is 8.51. The van der Waals surface area contributed by atoms with Crippen molar-refractivity contribution >= 4 is 11.8 Å². The predicted molar refractivity (Wildman–Crippen MR) is 112 cm³/mol. The van der Waals surface area contributed by atoms with Crippen LogP contribution in [-0.4, -0.2) is 41.8 Å². The van der Waals surface area contributed by atoms with Crippen molar-refractivity contribution in [3.8, 4) is 0 Å². The van der Waals surface area contributed by atoms with Crippen molar-refractivity contribution in [1.29, 1.82) is 0 Å². The summed E-state index contributed by atoms with van der Waals surface area (Å²) in [4.78, 5) is 33.2. The molecule has 1 N–H and O–H groups in total. The lowest BCUT2D eigenvalue weighted by atomic mass is 9.73. The van der Waals surface area contributed by atoms with E-state index in [1.54, 1.807) is 19.3 Å². The first-order valence-corrected chi connectivity index (χ1v) is 10.7. The van der Waals surface area contributed by atoms with Crippen molar-refractivity contribution in [3.05, 3.63) is 65.7 Å². The van der Waals surface area contributed by atoms with Gasteiger partial charge in [-0.05, 0) is 55.5 Å². The molecule has 2 amide bonds. The number of likely N-dealkylation sites (tertiary alicyclic amines) is 1. The summed E-state index contributed by atoms with van der Waals surface area (Å²) in [5.41, 5.74) is -0.143. The van der Waals surface area contributed by atoms with Crippen molar-refractivity contribution in [2.45, 2.75) is 49.4 Å². The monoisotopic (exact) mass is 409 g/mol. The lowest BCUT2D eigenvalue weighted by Gasteiger charge is -2.44. The molecule has 1 aliphatic carbocycles. The fourth-order valence-corrected chi connectivity index (χ4v) is 5.32. The third-order valence-corrected chi connectivity index (χ3v) is 6.84. The summed E-state index contributed by atoms with van der Waals surface area (Å²) in [7, 11) is 1.62. The second kappa shape index (κ2) is 8.17. The van der Waals surface area contributed by atoms with Gasteiger partial charge >= 0.3 is 0 Å². The number of amides is 2. The summed E-state index contributed by atoms with van der Waals surface area (Å²) in [6.45, 7) is 0.890. The Morgan fingerprint density at radius 3 is 2.47 bits per heavy atom. The van der Waals surface area contributed by atoms with Crippen LogP contribution in [0.5, 0.6) is 0 Å². The van der Waals surface area contributed by atoms with Gasteiger partial charge < -0.3 is 10.2 Å². The summed E-state index contributed by atoms with van der Waals surface area (Å²) in [5.74, 6) is -0.433. The molecule has 30 heavy (non-hydrogen) atoms. The number of nitrogens with one attached hydrogen (secondary N) is 1. The lowest BCUT2D eigenvalue weighted by molar-refractivity contribution is -0.142. The zero-order valence-electron chi connectivity index (χ0n) is 17.4. The molecule has 6 heteroatoms. The molecule has 4 rings (SSSR count). The Morgan fingerprint density at radius 1 is 1.03 bits per heavy atom. The van der Waals surface area contributed by atoms with E-state index >= 15 is 0 Å². The number of pyridine rings is 1. The number of carbonyl (C=O) groups excluding carboxylic acids is 2. The van der Waals surface area contributed by atoms with E-state index < -0.39 is 10.8 Å². The average molecular weight is 410 g/mol. The maximum absolute atomic E-state index is 14.0. The van der Waals surface area contributed by atoms with Crippen LogP contribution in [0.15, 0.2) is 48.7 Å². The van der Waals surface area contributed by atoms with E-state index in [0.717, 1.165) is 24.8 Å². The van der Waals surface area contributed by atoms with Gasteiger partial charge in [-0.3, -0.25) is 14.6 Å². The highest BCUT2D eigenvalue weighted by Gasteiger charge is 2.50. The number of benzene rings is 1. The van der Waals surface area contributed by atoms with Crippen LogP contribution in [0.3, 0.4) is 0 Å². The molecule has 1 atom stereocenters. The highest BCUT2D eigenvalue weighted by molar-refractivity contribution is 5.92. The third kappa shape index (κ3) is 3.38. The van der Waals surface area contributed by atoms with Crippen LogP contribution in [0.1, 0.15) is 49.8 Å². The van der Waals surface area contributed by atoms with Crippen LogP contribution in [-0.2, 0) is 20.4 Å². The van der Waals surface area contributed by atoms with E-state index in [1.165, 1.54) is 12.1 Å². The number of carbonyl (C=O) groups is 2. The molecule has 0 radical (unpaired) electrons. The minimum absolute atomic E-state index is 0.00880. The van der Waals surface area contributed by atoms with E-state index in [0.29, 0.717) is 38.0 Å². The van der Waals surface area contributed by atoms with Crippen LogP contribution < -0.4 is 5.32 Å². The Balaban J connectivity index is 1.71. The predicted octanol–water partition coefficient (Wildman–Crippen LogP) is 3.34. The third-order valence-electron chi connectivity index (χ3n) is 6.84. The minimum atomic E-state index is -0.869. The summed E-state index contributed by atoms with van der Waals surface area (Å²) in [6, 6.07) is 12.0. The van der Waals surface area contributed by atoms with Crippen molar-refractivity contribution < 1.29 is 14.0 Å². The molecule has 1 saturated heterocycles. The Labute approximate surface area is 176 Å². The van der Waals surface area contributed by atoms with Crippen LogP contribution in [0.4, 0.5) is 4.39 Å². The SMILES string of the molecule is CNC(=O)[C@]1(c2ccccn2)CCCN(C(=O)C2(c3cccc(F)c3)CCCC2)C1. The Morgan fingerprint density at radius 2 is 1.80 bits per heavy atom. The highest BCUT2D eigenvalue weighted by Crippen LogP contribution is 2.44. The van der Waals surface area contributed by atoms with Crippen LogP contribution >= 0.6 is 0 Å². The summed E-state index contributed by atoms with van der Waals surface area (Å²) in [5, 5.41) is 2.79. The number of hydrogen-bond donors (Lipinski definition) is 1. The van der Waals surface area contributed by atoms with Crippen molar-refractivity contribution in [2.24, 2.45) is 0 Å². The number of rotatable bonds is 4. The molecule has 1 aliphatic heterocycles. The fourth-order valence-electron chi connectivity index (χ4n) is 5.32. The van der Waals surface area contributed by atoms with E-state index in [9.17, 15) is 14.0 Å². The molecular formula is C24H28FN3O2. The molecule has 0 spiro atoms. The fraction of sp³-hybridized carbons (Fsp3) is 0.458. The molecule has 2 aliphatic rings. The molecule has 1 aromatic heterocycles. The minimum Gasteiger partial charge on any atom is -0.358 e.